The molecule has 1 fully saturated rings. The van der Waals surface area contributed by atoms with E-state index >= 15 is 0 Å². The molecule has 0 saturated carbocycles. The molecule has 4 nitrogen and oxygen atoms in total. The predicted octanol–water partition coefficient (Wildman–Crippen LogP) is 1.40. The van der Waals surface area contributed by atoms with Gasteiger partial charge in [-0.25, -0.2) is 4.39 Å². The molecule has 1 amide bonds. The summed E-state index contributed by atoms with van der Waals surface area (Å²) in [7, 11) is 0. The second-order valence-electron chi connectivity index (χ2n) is 4.52. The van der Waals surface area contributed by atoms with Crippen molar-refractivity contribution in [3.8, 4) is 5.75 Å². The fraction of sp³-hybridized carbons (Fsp3) is 0.462. The summed E-state index contributed by atoms with van der Waals surface area (Å²) in [5.41, 5.74) is -0.0224. The van der Waals surface area contributed by atoms with Gasteiger partial charge in [-0.2, -0.15) is 0 Å². The summed E-state index contributed by atoms with van der Waals surface area (Å²) in [5, 5.41) is 15.5. The number of nitrogens with one attached hydrogen (secondary N) is 2. The number of phenolic OH excluding ortho intramolecular Hbond substituents is 1. The molecule has 1 unspecified atom stereocenters. The van der Waals surface area contributed by atoms with Crippen LogP contribution in [0, 0.1) is 5.82 Å². The quantitative estimate of drug-likeness (QED) is 0.762. The monoisotopic (exact) mass is 252 g/mol. The molecule has 98 valence electrons. The number of halogens is 1. The summed E-state index contributed by atoms with van der Waals surface area (Å²) in [6, 6.07) is 3.61. The number of rotatable bonds is 3. The van der Waals surface area contributed by atoms with Crippen molar-refractivity contribution in [3.05, 3.63) is 29.6 Å². The molecule has 1 atom stereocenters. The molecule has 3 N–H and O–H groups in total. The number of benzene rings is 1. The highest BCUT2D eigenvalue weighted by Gasteiger charge is 2.16. The number of piperidine rings is 1. The minimum atomic E-state index is -0.534. The Hall–Kier alpha value is -1.62. The molecule has 1 aliphatic heterocycles. The van der Waals surface area contributed by atoms with Gasteiger partial charge in [-0.1, -0.05) is 6.42 Å². The van der Waals surface area contributed by atoms with Crippen LogP contribution < -0.4 is 10.6 Å². The van der Waals surface area contributed by atoms with Crippen LogP contribution in [0.15, 0.2) is 18.2 Å². The first kappa shape index (κ1) is 12.8. The molecule has 18 heavy (non-hydrogen) atoms. The normalized spacial score (nSPS) is 19.5. The largest absolute Gasteiger partial charge is 0.507 e. The number of phenols is 1. The highest BCUT2D eigenvalue weighted by atomic mass is 19.1. The lowest BCUT2D eigenvalue weighted by atomic mass is 10.0. The van der Waals surface area contributed by atoms with Gasteiger partial charge in [0.2, 0.25) is 0 Å². The molecule has 0 bridgehead atoms. The summed E-state index contributed by atoms with van der Waals surface area (Å²) in [6.45, 7) is 1.46. The molecular formula is C13H17FN2O2. The van der Waals surface area contributed by atoms with Crippen molar-refractivity contribution in [3.63, 3.8) is 0 Å². The Morgan fingerprint density at radius 2 is 2.33 bits per heavy atom. The average molecular weight is 252 g/mol. The first-order chi connectivity index (χ1) is 8.66. The van der Waals surface area contributed by atoms with E-state index in [9.17, 15) is 14.3 Å². The van der Waals surface area contributed by atoms with Crippen LogP contribution >= 0.6 is 0 Å². The van der Waals surface area contributed by atoms with Gasteiger partial charge in [0.05, 0.1) is 5.56 Å². The van der Waals surface area contributed by atoms with E-state index in [2.05, 4.69) is 10.6 Å². The third-order valence-corrected chi connectivity index (χ3v) is 3.12. The first-order valence-electron chi connectivity index (χ1n) is 6.17. The minimum absolute atomic E-state index is 0.0224. The number of carbonyl (C=O) groups excluding carboxylic acids is 1. The maximum absolute atomic E-state index is 13.0. The Balaban J connectivity index is 1.92. The molecule has 0 aromatic heterocycles. The van der Waals surface area contributed by atoms with Gasteiger partial charge in [0.15, 0.2) is 0 Å². The van der Waals surface area contributed by atoms with Crippen LogP contribution in [-0.4, -0.2) is 30.1 Å². The fourth-order valence-corrected chi connectivity index (χ4v) is 2.10. The number of aromatic hydroxyl groups is 1. The smallest absolute Gasteiger partial charge is 0.255 e. The van der Waals surface area contributed by atoms with Crippen molar-refractivity contribution < 1.29 is 14.3 Å². The Morgan fingerprint density at radius 1 is 1.50 bits per heavy atom. The molecule has 1 aliphatic rings. The Morgan fingerprint density at radius 3 is 3.06 bits per heavy atom. The predicted molar refractivity (Wildman–Crippen MR) is 66.0 cm³/mol. The molecule has 2 rings (SSSR count). The highest BCUT2D eigenvalue weighted by molar-refractivity contribution is 5.96. The van der Waals surface area contributed by atoms with Crippen LogP contribution in [0.2, 0.25) is 0 Å². The third-order valence-electron chi connectivity index (χ3n) is 3.12. The number of amides is 1. The van der Waals surface area contributed by atoms with Crippen LogP contribution in [0.5, 0.6) is 5.75 Å². The van der Waals surface area contributed by atoms with Crippen LogP contribution in [0.3, 0.4) is 0 Å². The van der Waals surface area contributed by atoms with E-state index in [4.69, 9.17) is 0 Å². The average Bonchev–Trinajstić information content (AvgIpc) is 2.40. The zero-order chi connectivity index (χ0) is 13.0. The van der Waals surface area contributed by atoms with Gasteiger partial charge in [-0.05, 0) is 37.6 Å². The van der Waals surface area contributed by atoms with Gasteiger partial charge in [-0.15, -0.1) is 0 Å². The van der Waals surface area contributed by atoms with Crippen LogP contribution in [0.25, 0.3) is 0 Å². The molecule has 5 heteroatoms. The SMILES string of the molecule is O=C(NCC1CCCCN1)c1cc(F)ccc1O. The molecule has 1 heterocycles. The zero-order valence-corrected chi connectivity index (χ0v) is 10.1. The molecule has 1 aromatic carbocycles. The summed E-state index contributed by atoms with van der Waals surface area (Å²) in [4.78, 5) is 11.8. The number of carbonyl (C=O) groups is 1. The molecule has 1 saturated heterocycles. The zero-order valence-electron chi connectivity index (χ0n) is 10.1. The molecule has 1 aromatic rings. The van der Waals surface area contributed by atoms with Gasteiger partial charge in [0.25, 0.3) is 5.91 Å². The summed E-state index contributed by atoms with van der Waals surface area (Å²) in [6.07, 6.45) is 3.34. The maximum Gasteiger partial charge on any atom is 0.255 e. The third kappa shape index (κ3) is 3.20. The summed E-state index contributed by atoms with van der Waals surface area (Å²) in [5.74, 6) is -1.18. The van der Waals surface area contributed by atoms with E-state index in [1.165, 1.54) is 6.07 Å². The van der Waals surface area contributed by atoms with Gasteiger partial charge >= 0.3 is 0 Å². The van der Waals surface area contributed by atoms with Crippen LogP contribution in [-0.2, 0) is 0 Å². The summed E-state index contributed by atoms with van der Waals surface area (Å²) < 4.78 is 13.0. The fourth-order valence-electron chi connectivity index (χ4n) is 2.10. The van der Waals surface area contributed by atoms with E-state index in [1.807, 2.05) is 0 Å². The van der Waals surface area contributed by atoms with Crippen molar-refractivity contribution in [2.24, 2.45) is 0 Å². The van der Waals surface area contributed by atoms with E-state index in [0.29, 0.717) is 6.54 Å². The van der Waals surface area contributed by atoms with Crippen molar-refractivity contribution in [1.29, 1.82) is 0 Å². The van der Waals surface area contributed by atoms with E-state index in [0.717, 1.165) is 37.9 Å². The highest BCUT2D eigenvalue weighted by Crippen LogP contribution is 2.17. The standard InChI is InChI=1S/C13H17FN2O2/c14-9-4-5-12(17)11(7-9)13(18)16-8-10-3-1-2-6-15-10/h4-5,7,10,15,17H,1-3,6,8H2,(H,16,18). The first-order valence-corrected chi connectivity index (χ1v) is 6.17. The van der Waals surface area contributed by atoms with Crippen molar-refractivity contribution in [2.75, 3.05) is 13.1 Å². The number of hydrogen-bond donors (Lipinski definition) is 3. The van der Waals surface area contributed by atoms with Gasteiger partial charge in [-0.3, -0.25) is 4.79 Å². The Bertz CT molecular complexity index is 431. The lowest BCUT2D eigenvalue weighted by Gasteiger charge is -2.23. The maximum atomic E-state index is 13.0. The van der Waals surface area contributed by atoms with E-state index in [1.54, 1.807) is 0 Å². The second-order valence-corrected chi connectivity index (χ2v) is 4.52. The van der Waals surface area contributed by atoms with Crippen molar-refractivity contribution in [2.45, 2.75) is 25.3 Å². The lowest BCUT2D eigenvalue weighted by molar-refractivity contribution is 0.0944. The molecule has 0 radical (unpaired) electrons. The second kappa shape index (κ2) is 5.82. The summed E-state index contributed by atoms with van der Waals surface area (Å²) >= 11 is 0. The van der Waals surface area contributed by atoms with Crippen LogP contribution in [0.1, 0.15) is 29.6 Å². The lowest BCUT2D eigenvalue weighted by Crippen LogP contribution is -2.43. The van der Waals surface area contributed by atoms with Crippen molar-refractivity contribution >= 4 is 5.91 Å². The molecule has 0 aliphatic carbocycles. The van der Waals surface area contributed by atoms with Crippen LogP contribution in [0.4, 0.5) is 4.39 Å². The minimum Gasteiger partial charge on any atom is -0.507 e. The topological polar surface area (TPSA) is 61.4 Å². The van der Waals surface area contributed by atoms with E-state index in [-0.39, 0.29) is 17.4 Å². The number of hydrogen-bond acceptors (Lipinski definition) is 3. The Labute approximate surface area is 105 Å². The van der Waals surface area contributed by atoms with Gasteiger partial charge in [0.1, 0.15) is 11.6 Å². The van der Waals surface area contributed by atoms with Gasteiger partial charge < -0.3 is 15.7 Å². The molecular weight excluding hydrogens is 235 g/mol. The molecule has 0 spiro atoms. The Kier molecular flexibility index (Phi) is 4.15. The van der Waals surface area contributed by atoms with E-state index < -0.39 is 11.7 Å². The van der Waals surface area contributed by atoms with Gasteiger partial charge in [0, 0.05) is 12.6 Å². The van der Waals surface area contributed by atoms with Crippen molar-refractivity contribution in [1.82, 2.24) is 10.6 Å².